The Morgan fingerprint density at radius 2 is 1.63 bits per heavy atom. The van der Waals surface area contributed by atoms with Gasteiger partial charge < -0.3 is 5.32 Å². The minimum absolute atomic E-state index is 0.0191. The lowest BCUT2D eigenvalue weighted by Gasteiger charge is -2.07. The van der Waals surface area contributed by atoms with Gasteiger partial charge in [-0.2, -0.15) is 0 Å². The summed E-state index contributed by atoms with van der Waals surface area (Å²) in [7, 11) is -3.86. The van der Waals surface area contributed by atoms with Crippen molar-refractivity contribution in [2.24, 2.45) is 0 Å². The number of nitrogens with one attached hydrogen (secondary N) is 2. The number of amides is 1. The average molecular weight is 425 g/mol. The summed E-state index contributed by atoms with van der Waals surface area (Å²) in [5, 5.41) is 13.2. The van der Waals surface area contributed by atoms with Crippen molar-refractivity contribution in [2.45, 2.75) is 4.90 Å². The van der Waals surface area contributed by atoms with Crippen LogP contribution in [0.3, 0.4) is 0 Å². The van der Waals surface area contributed by atoms with Gasteiger partial charge in [-0.25, -0.2) is 23.1 Å². The molecular formula is C19H15N5O5S. The van der Waals surface area contributed by atoms with E-state index in [1.54, 1.807) is 6.07 Å². The maximum absolute atomic E-state index is 12.3. The summed E-state index contributed by atoms with van der Waals surface area (Å²) < 4.78 is 26.9. The molecule has 0 spiro atoms. The number of nitro groups is 1. The highest BCUT2D eigenvalue weighted by Crippen LogP contribution is 2.17. The maximum atomic E-state index is 12.3. The molecule has 152 valence electrons. The van der Waals surface area contributed by atoms with E-state index < -0.39 is 20.9 Å². The van der Waals surface area contributed by atoms with E-state index in [0.29, 0.717) is 11.3 Å². The second-order valence-electron chi connectivity index (χ2n) is 5.87. The Hall–Kier alpha value is -4.12. The Balaban J connectivity index is 1.62. The first-order valence-corrected chi connectivity index (χ1v) is 9.95. The van der Waals surface area contributed by atoms with Gasteiger partial charge in [-0.15, -0.1) is 0 Å². The van der Waals surface area contributed by atoms with Crippen molar-refractivity contribution >= 4 is 39.3 Å². The van der Waals surface area contributed by atoms with Gasteiger partial charge in [0.1, 0.15) is 0 Å². The SMILES string of the molecule is O=C(/C=C/c1ccc([N+](=O)[O-])cc1)Nc1ccc(S(=O)(=O)Nc2ncccn2)cc1. The van der Waals surface area contributed by atoms with Gasteiger partial charge in [-0.3, -0.25) is 14.9 Å². The summed E-state index contributed by atoms with van der Waals surface area (Å²) in [6.07, 6.45) is 5.59. The second-order valence-corrected chi connectivity index (χ2v) is 7.56. The first-order chi connectivity index (χ1) is 14.3. The molecule has 2 N–H and O–H groups in total. The summed E-state index contributed by atoms with van der Waals surface area (Å²) >= 11 is 0. The molecule has 10 nitrogen and oxygen atoms in total. The third-order valence-electron chi connectivity index (χ3n) is 3.75. The minimum atomic E-state index is -3.86. The van der Waals surface area contributed by atoms with Crippen molar-refractivity contribution < 1.29 is 18.1 Å². The smallest absolute Gasteiger partial charge is 0.269 e. The number of hydrogen-bond acceptors (Lipinski definition) is 7. The zero-order valence-electron chi connectivity index (χ0n) is 15.3. The predicted octanol–water partition coefficient (Wildman–Crippen LogP) is 2.84. The summed E-state index contributed by atoms with van der Waals surface area (Å²) in [5.41, 5.74) is 0.967. The number of anilines is 2. The van der Waals surface area contributed by atoms with Crippen LogP contribution in [0.2, 0.25) is 0 Å². The third kappa shape index (κ3) is 5.45. The highest BCUT2D eigenvalue weighted by atomic mass is 32.2. The molecule has 0 aliphatic carbocycles. The van der Waals surface area contributed by atoms with Crippen LogP contribution in [0, 0.1) is 10.1 Å². The predicted molar refractivity (Wildman–Crippen MR) is 110 cm³/mol. The van der Waals surface area contributed by atoms with Gasteiger partial charge >= 0.3 is 0 Å². The largest absolute Gasteiger partial charge is 0.323 e. The van der Waals surface area contributed by atoms with E-state index in [1.165, 1.54) is 73.1 Å². The molecule has 30 heavy (non-hydrogen) atoms. The molecule has 0 unspecified atom stereocenters. The highest BCUT2D eigenvalue weighted by molar-refractivity contribution is 7.92. The number of carbonyl (C=O) groups is 1. The van der Waals surface area contributed by atoms with Crippen molar-refractivity contribution in [2.75, 3.05) is 10.0 Å². The molecule has 1 heterocycles. The van der Waals surface area contributed by atoms with Crippen molar-refractivity contribution in [3.05, 3.63) is 88.7 Å². The van der Waals surface area contributed by atoms with Gasteiger partial charge in [0.2, 0.25) is 11.9 Å². The number of sulfonamides is 1. The van der Waals surface area contributed by atoms with Crippen molar-refractivity contribution in [3.8, 4) is 0 Å². The Bertz CT molecular complexity index is 1180. The van der Waals surface area contributed by atoms with E-state index in [-0.39, 0.29) is 16.5 Å². The number of non-ortho nitro benzene ring substituents is 1. The summed E-state index contributed by atoms with van der Waals surface area (Å²) in [6, 6.07) is 12.8. The number of hydrogen-bond donors (Lipinski definition) is 2. The Morgan fingerprint density at radius 1 is 1.00 bits per heavy atom. The monoisotopic (exact) mass is 425 g/mol. The third-order valence-corrected chi connectivity index (χ3v) is 5.10. The fourth-order valence-corrected chi connectivity index (χ4v) is 3.27. The molecule has 3 rings (SSSR count). The van der Waals surface area contributed by atoms with Crippen LogP contribution in [0.5, 0.6) is 0 Å². The van der Waals surface area contributed by atoms with Crippen LogP contribution >= 0.6 is 0 Å². The highest BCUT2D eigenvalue weighted by Gasteiger charge is 2.15. The Labute approximate surface area is 171 Å². The van der Waals surface area contributed by atoms with E-state index in [4.69, 9.17) is 0 Å². The average Bonchev–Trinajstić information content (AvgIpc) is 2.73. The molecule has 1 amide bonds. The molecule has 0 saturated carbocycles. The van der Waals surface area contributed by atoms with Crippen molar-refractivity contribution in [1.29, 1.82) is 0 Å². The van der Waals surface area contributed by atoms with Crippen LogP contribution in [0.15, 0.2) is 78.0 Å². The van der Waals surface area contributed by atoms with E-state index in [0.717, 1.165) is 0 Å². The second kappa shape index (κ2) is 8.92. The fraction of sp³-hybridized carbons (Fsp3) is 0. The van der Waals surface area contributed by atoms with Gasteiger partial charge in [-0.1, -0.05) is 0 Å². The van der Waals surface area contributed by atoms with Gasteiger partial charge in [0.25, 0.3) is 15.7 Å². The molecule has 1 aromatic heterocycles. The number of aromatic nitrogens is 2. The molecule has 0 saturated heterocycles. The van der Waals surface area contributed by atoms with Gasteiger partial charge in [0.15, 0.2) is 0 Å². The lowest BCUT2D eigenvalue weighted by Crippen LogP contribution is -2.15. The first kappa shape index (κ1) is 20.6. The van der Waals surface area contributed by atoms with Crippen LogP contribution in [-0.2, 0) is 14.8 Å². The molecule has 0 bridgehead atoms. The first-order valence-electron chi connectivity index (χ1n) is 8.47. The van der Waals surface area contributed by atoms with E-state index >= 15 is 0 Å². The summed E-state index contributed by atoms with van der Waals surface area (Å²) in [4.78, 5) is 29.8. The van der Waals surface area contributed by atoms with Crippen molar-refractivity contribution in [1.82, 2.24) is 9.97 Å². The van der Waals surface area contributed by atoms with Crippen LogP contribution in [0.4, 0.5) is 17.3 Å². The van der Waals surface area contributed by atoms with Crippen LogP contribution in [0.25, 0.3) is 6.08 Å². The number of nitrogens with zero attached hydrogens (tertiary/aromatic N) is 3. The minimum Gasteiger partial charge on any atom is -0.323 e. The fourth-order valence-electron chi connectivity index (χ4n) is 2.31. The molecule has 2 aromatic carbocycles. The van der Waals surface area contributed by atoms with E-state index in [2.05, 4.69) is 20.0 Å². The van der Waals surface area contributed by atoms with Gasteiger partial charge in [0.05, 0.1) is 9.82 Å². The van der Waals surface area contributed by atoms with Crippen LogP contribution in [-0.4, -0.2) is 29.2 Å². The van der Waals surface area contributed by atoms with Crippen LogP contribution < -0.4 is 10.0 Å². The lowest BCUT2D eigenvalue weighted by molar-refractivity contribution is -0.384. The Morgan fingerprint density at radius 3 is 2.23 bits per heavy atom. The molecule has 0 fully saturated rings. The molecule has 11 heteroatoms. The molecular weight excluding hydrogens is 410 g/mol. The number of benzene rings is 2. The quantitative estimate of drug-likeness (QED) is 0.336. The van der Waals surface area contributed by atoms with Crippen LogP contribution in [0.1, 0.15) is 5.56 Å². The summed E-state index contributed by atoms with van der Waals surface area (Å²) in [6.45, 7) is 0. The molecule has 0 aliphatic heterocycles. The van der Waals surface area contributed by atoms with Gasteiger partial charge in [-0.05, 0) is 54.1 Å². The number of nitro benzene ring substituents is 1. The summed E-state index contributed by atoms with van der Waals surface area (Å²) in [5.74, 6) is -0.494. The normalized spacial score (nSPS) is 11.2. The van der Waals surface area contributed by atoms with E-state index in [1.807, 2.05) is 0 Å². The standard InChI is InChI=1S/C19H15N5O5S/c25-18(11-4-14-2-7-16(8-3-14)24(26)27)22-15-5-9-17(10-6-15)30(28,29)23-19-20-12-1-13-21-19/h1-13H,(H,22,25)(H,20,21,23)/b11-4+. The zero-order chi connectivity index (χ0) is 21.6. The maximum Gasteiger partial charge on any atom is 0.269 e. The number of carbonyl (C=O) groups excluding carboxylic acids is 1. The lowest BCUT2D eigenvalue weighted by atomic mass is 10.2. The van der Waals surface area contributed by atoms with E-state index in [9.17, 15) is 23.3 Å². The zero-order valence-corrected chi connectivity index (χ0v) is 16.1. The topological polar surface area (TPSA) is 144 Å². The molecule has 0 atom stereocenters. The Kier molecular flexibility index (Phi) is 6.13. The van der Waals surface area contributed by atoms with Gasteiger partial charge in [0, 0.05) is 36.3 Å². The molecule has 3 aromatic rings. The van der Waals surface area contributed by atoms with Crippen molar-refractivity contribution in [3.63, 3.8) is 0 Å². The molecule has 0 aliphatic rings. The molecule has 0 radical (unpaired) electrons. The number of rotatable bonds is 7.